The van der Waals surface area contributed by atoms with Crippen LogP contribution in [-0.4, -0.2) is 21.9 Å². The number of amides is 1. The Morgan fingerprint density at radius 3 is 2.52 bits per heavy atom. The van der Waals surface area contributed by atoms with Crippen molar-refractivity contribution in [3.8, 4) is 0 Å². The molecule has 0 atom stereocenters. The van der Waals surface area contributed by atoms with Crippen LogP contribution >= 0.6 is 0 Å². The van der Waals surface area contributed by atoms with Crippen molar-refractivity contribution in [2.45, 2.75) is 53.1 Å². The largest absolute Gasteiger partial charge is 0.345 e. The highest BCUT2D eigenvalue weighted by atomic mass is 19.1. The lowest BCUT2D eigenvalue weighted by Crippen LogP contribution is -2.35. The molecular weight excluding hydrogens is 315 g/mol. The van der Waals surface area contributed by atoms with E-state index in [2.05, 4.69) is 17.6 Å². The van der Waals surface area contributed by atoms with E-state index in [4.69, 9.17) is 0 Å². The summed E-state index contributed by atoms with van der Waals surface area (Å²) in [6.07, 6.45) is 5.33. The maximum Gasteiger partial charge on any atom is 0.225 e. The van der Waals surface area contributed by atoms with Crippen molar-refractivity contribution in [1.82, 2.24) is 9.47 Å². The van der Waals surface area contributed by atoms with Crippen molar-refractivity contribution >= 4 is 5.91 Å². The SMILES string of the molecule is CCCCCN(Cc1cccn1Cc1ccc(F)cc1)C(=O)C(C)C. The third kappa shape index (κ3) is 5.73. The molecule has 1 heterocycles. The van der Waals surface area contributed by atoms with Crippen molar-refractivity contribution in [1.29, 1.82) is 0 Å². The van der Waals surface area contributed by atoms with Crippen molar-refractivity contribution in [3.05, 3.63) is 59.7 Å². The van der Waals surface area contributed by atoms with Gasteiger partial charge in [0.15, 0.2) is 0 Å². The molecule has 0 saturated carbocycles. The van der Waals surface area contributed by atoms with Gasteiger partial charge in [-0.2, -0.15) is 0 Å². The summed E-state index contributed by atoms with van der Waals surface area (Å²) >= 11 is 0. The molecule has 136 valence electrons. The Labute approximate surface area is 150 Å². The lowest BCUT2D eigenvalue weighted by atomic mass is 10.1. The third-order valence-electron chi connectivity index (χ3n) is 4.38. The smallest absolute Gasteiger partial charge is 0.225 e. The van der Waals surface area contributed by atoms with Gasteiger partial charge in [-0.15, -0.1) is 0 Å². The molecule has 2 rings (SSSR count). The second-order valence-corrected chi connectivity index (χ2v) is 6.88. The predicted molar refractivity (Wildman–Crippen MR) is 99.7 cm³/mol. The number of carbonyl (C=O) groups excluding carboxylic acids is 1. The van der Waals surface area contributed by atoms with Crippen LogP contribution in [-0.2, 0) is 17.9 Å². The van der Waals surface area contributed by atoms with E-state index in [-0.39, 0.29) is 17.6 Å². The van der Waals surface area contributed by atoms with Crippen LogP contribution in [0.1, 0.15) is 51.3 Å². The fourth-order valence-electron chi connectivity index (χ4n) is 2.91. The molecule has 4 heteroatoms. The number of benzene rings is 1. The second-order valence-electron chi connectivity index (χ2n) is 6.88. The van der Waals surface area contributed by atoms with Crippen LogP contribution in [0.25, 0.3) is 0 Å². The van der Waals surface area contributed by atoms with E-state index in [0.29, 0.717) is 13.1 Å². The Hall–Kier alpha value is -2.10. The molecule has 1 aromatic heterocycles. The minimum atomic E-state index is -0.221. The van der Waals surface area contributed by atoms with Gasteiger partial charge < -0.3 is 9.47 Å². The lowest BCUT2D eigenvalue weighted by molar-refractivity contribution is -0.135. The molecule has 1 amide bonds. The minimum Gasteiger partial charge on any atom is -0.345 e. The first-order chi connectivity index (χ1) is 12.0. The summed E-state index contributed by atoms with van der Waals surface area (Å²) in [5.74, 6) is -0.0196. The van der Waals surface area contributed by atoms with E-state index in [1.165, 1.54) is 12.1 Å². The fourth-order valence-corrected chi connectivity index (χ4v) is 2.91. The summed E-state index contributed by atoms with van der Waals surface area (Å²) in [5, 5.41) is 0. The number of carbonyl (C=O) groups is 1. The minimum absolute atomic E-state index is 0.00198. The van der Waals surface area contributed by atoms with Gasteiger partial charge in [-0.25, -0.2) is 4.39 Å². The molecular formula is C21H29FN2O. The number of hydrogen-bond acceptors (Lipinski definition) is 1. The zero-order valence-electron chi connectivity index (χ0n) is 15.5. The highest BCUT2D eigenvalue weighted by Gasteiger charge is 2.18. The van der Waals surface area contributed by atoms with Crippen molar-refractivity contribution in [3.63, 3.8) is 0 Å². The molecule has 25 heavy (non-hydrogen) atoms. The Bertz CT molecular complexity index is 661. The summed E-state index contributed by atoms with van der Waals surface area (Å²) in [4.78, 5) is 14.5. The lowest BCUT2D eigenvalue weighted by Gasteiger charge is -2.25. The van der Waals surface area contributed by atoms with Crippen LogP contribution in [0, 0.1) is 11.7 Å². The molecule has 2 aromatic rings. The molecule has 0 saturated heterocycles. The van der Waals surface area contributed by atoms with Crippen molar-refractivity contribution in [2.24, 2.45) is 5.92 Å². The van der Waals surface area contributed by atoms with Gasteiger partial charge in [-0.3, -0.25) is 4.79 Å². The normalized spacial score (nSPS) is 11.1. The molecule has 0 unspecified atom stereocenters. The number of unbranched alkanes of at least 4 members (excludes halogenated alkanes) is 2. The molecule has 3 nitrogen and oxygen atoms in total. The first kappa shape index (κ1) is 19.2. The highest BCUT2D eigenvalue weighted by molar-refractivity contribution is 5.78. The van der Waals surface area contributed by atoms with E-state index in [9.17, 15) is 9.18 Å². The van der Waals surface area contributed by atoms with Gasteiger partial charge in [0.1, 0.15) is 5.82 Å². The Morgan fingerprint density at radius 2 is 1.88 bits per heavy atom. The summed E-state index contributed by atoms with van der Waals surface area (Å²) in [6.45, 7) is 8.17. The molecule has 0 fully saturated rings. The highest BCUT2D eigenvalue weighted by Crippen LogP contribution is 2.14. The maximum atomic E-state index is 13.1. The summed E-state index contributed by atoms with van der Waals surface area (Å²) < 4.78 is 15.2. The van der Waals surface area contributed by atoms with Gasteiger partial charge in [-0.05, 0) is 36.2 Å². The average Bonchev–Trinajstić information content (AvgIpc) is 3.02. The van der Waals surface area contributed by atoms with Gasteiger partial charge in [0.05, 0.1) is 6.54 Å². The zero-order valence-corrected chi connectivity index (χ0v) is 15.5. The van der Waals surface area contributed by atoms with Gasteiger partial charge in [0.25, 0.3) is 0 Å². The van der Waals surface area contributed by atoms with Gasteiger partial charge in [0.2, 0.25) is 5.91 Å². The second kappa shape index (κ2) is 9.40. The van der Waals surface area contributed by atoms with E-state index in [1.54, 1.807) is 12.1 Å². The van der Waals surface area contributed by atoms with E-state index in [0.717, 1.165) is 37.1 Å². The first-order valence-electron chi connectivity index (χ1n) is 9.18. The van der Waals surface area contributed by atoms with E-state index in [1.807, 2.05) is 31.0 Å². The molecule has 0 aliphatic carbocycles. The van der Waals surface area contributed by atoms with Crippen LogP contribution < -0.4 is 0 Å². The Morgan fingerprint density at radius 1 is 1.16 bits per heavy atom. The van der Waals surface area contributed by atoms with Crippen molar-refractivity contribution < 1.29 is 9.18 Å². The summed E-state index contributed by atoms with van der Waals surface area (Å²) in [5.41, 5.74) is 2.15. The molecule has 1 aromatic carbocycles. The third-order valence-corrected chi connectivity index (χ3v) is 4.38. The predicted octanol–water partition coefficient (Wildman–Crippen LogP) is 4.85. The molecule has 0 aliphatic rings. The molecule has 0 aliphatic heterocycles. The molecule has 0 spiro atoms. The standard InChI is InChI=1S/C21H29FN2O/c1-4-5-6-13-24(21(25)17(2)3)16-20-8-7-14-23(20)15-18-9-11-19(22)12-10-18/h7-12,14,17H,4-6,13,15-16H2,1-3H3. The first-order valence-corrected chi connectivity index (χ1v) is 9.18. The van der Waals surface area contributed by atoms with Gasteiger partial charge in [-0.1, -0.05) is 45.7 Å². The van der Waals surface area contributed by atoms with Crippen LogP contribution in [0.2, 0.25) is 0 Å². The van der Waals surface area contributed by atoms with Crippen molar-refractivity contribution in [2.75, 3.05) is 6.54 Å². The Kier molecular flexibility index (Phi) is 7.23. The molecule has 0 bridgehead atoms. The number of hydrogen-bond donors (Lipinski definition) is 0. The fraction of sp³-hybridized carbons (Fsp3) is 0.476. The van der Waals surface area contributed by atoms with Crippen LogP contribution in [0.3, 0.4) is 0 Å². The van der Waals surface area contributed by atoms with Gasteiger partial charge >= 0.3 is 0 Å². The monoisotopic (exact) mass is 344 g/mol. The molecule has 0 N–H and O–H groups in total. The quantitative estimate of drug-likeness (QED) is 0.597. The number of nitrogens with zero attached hydrogens (tertiary/aromatic N) is 2. The van der Waals surface area contributed by atoms with E-state index >= 15 is 0 Å². The van der Waals surface area contributed by atoms with E-state index < -0.39 is 0 Å². The number of rotatable bonds is 9. The van der Waals surface area contributed by atoms with Crippen LogP contribution in [0.5, 0.6) is 0 Å². The zero-order chi connectivity index (χ0) is 18.2. The summed E-state index contributed by atoms with van der Waals surface area (Å²) in [7, 11) is 0. The van der Waals surface area contributed by atoms with Crippen LogP contribution in [0.15, 0.2) is 42.6 Å². The van der Waals surface area contributed by atoms with Crippen LogP contribution in [0.4, 0.5) is 4.39 Å². The molecule has 0 radical (unpaired) electrons. The number of halogens is 1. The Balaban J connectivity index is 2.09. The van der Waals surface area contributed by atoms with Gasteiger partial charge in [0, 0.05) is 30.9 Å². The average molecular weight is 344 g/mol. The maximum absolute atomic E-state index is 13.1. The topological polar surface area (TPSA) is 25.2 Å². The summed E-state index contributed by atoms with van der Waals surface area (Å²) in [6, 6.07) is 10.6. The number of aromatic nitrogens is 1.